The molecule has 3 saturated heterocycles. The first-order valence-electron chi connectivity index (χ1n) is 32.3. The molecule has 0 radical (unpaired) electrons. The molecular formula is C74H85F2N7O5. The van der Waals surface area contributed by atoms with E-state index in [1.807, 2.05) is 83.5 Å². The maximum Gasteiger partial charge on any atom is 0.254 e. The molecular weight excluding hydrogens is 1100 g/mol. The lowest BCUT2D eigenvalue weighted by Crippen LogP contribution is -2.41. The van der Waals surface area contributed by atoms with Crippen LogP contribution in [-0.4, -0.2) is 149 Å². The van der Waals surface area contributed by atoms with Gasteiger partial charge in [-0.3, -0.25) is 43.7 Å². The number of aliphatic imine (C=N–C) groups is 1. The van der Waals surface area contributed by atoms with Gasteiger partial charge in [-0.2, -0.15) is 0 Å². The second-order valence-electron chi connectivity index (χ2n) is 25.7. The van der Waals surface area contributed by atoms with E-state index >= 15 is 0 Å². The number of Topliss-reactive ketones (excluding diaryl/α,β-unsaturated/α-hetero) is 3. The average Bonchev–Trinajstić information content (AvgIpc) is 2.74. The summed E-state index contributed by atoms with van der Waals surface area (Å²) in [5.41, 5.74) is 9.38. The largest absolute Gasteiger partial charge is 0.352 e. The van der Waals surface area contributed by atoms with E-state index in [1.165, 1.54) is 72.6 Å². The molecule has 4 fully saturated rings. The zero-order chi connectivity index (χ0) is 60.9. The zero-order valence-electron chi connectivity index (χ0n) is 51.2. The van der Waals surface area contributed by atoms with Crippen molar-refractivity contribution in [3.05, 3.63) is 213 Å². The summed E-state index contributed by atoms with van der Waals surface area (Å²) in [5.74, 6) is 3.08. The molecule has 0 atom stereocenters. The topological polar surface area (TPSA) is 117 Å². The molecule has 1 aliphatic carbocycles. The van der Waals surface area contributed by atoms with E-state index in [1.54, 1.807) is 30.3 Å². The van der Waals surface area contributed by atoms with E-state index in [-0.39, 0.29) is 47.1 Å². The minimum Gasteiger partial charge on any atom is -0.352 e. The molecule has 7 aliphatic rings. The third-order valence-corrected chi connectivity index (χ3v) is 19.3. The SMILES string of the molecule is Cc1ccc(C(=O)CN2CCC(CN3Cc4ccccc4C3=NCC3CCN(CC(=O)c4ccc(F)cc4)CC3)CC2)cc1.O=C(CN1CCC(CN2Cc3ccccc3C2=O)CC1)c1ccccc1F.O=C1c2ccccc2CN1CC1CCCCC1. The standard InChI is InChI=1S/C37H43FN4O2.C22H23FN2O2.C15H19NO/c1-27-6-8-30(9-7-27)35(43)25-41-20-16-29(17-21-41)23-42-24-32-4-2-3-5-34(32)37(42)39-22-28-14-18-40(19-15-28)26-36(44)31-10-12-33(38)13-11-31;23-20-8-4-3-7-19(20)21(26)15-24-11-9-16(10-12-24)13-25-14-17-5-1-2-6-18(17)22(25)27;17-15-14-9-5-4-8-13(14)11-16(15)10-12-6-2-1-3-7-12/h2-13,28-29H,14-26H2,1H3;1-8,16H,9-15H2;4-5,8-9,12H,1-3,6-7,10-11H2. The number of fused-ring (bicyclic) bond motifs is 3. The molecule has 0 aromatic heterocycles. The highest BCUT2D eigenvalue weighted by Gasteiger charge is 2.34. The van der Waals surface area contributed by atoms with Crippen LogP contribution < -0.4 is 0 Å². The maximum atomic E-state index is 13.8. The van der Waals surface area contributed by atoms with Crippen molar-refractivity contribution in [2.45, 2.75) is 97.2 Å². The summed E-state index contributed by atoms with van der Waals surface area (Å²) < 4.78 is 27.0. The molecule has 12 nitrogen and oxygen atoms in total. The zero-order valence-corrected chi connectivity index (χ0v) is 51.2. The number of carbonyl (C=O) groups is 5. The number of hydrogen-bond donors (Lipinski definition) is 0. The highest BCUT2D eigenvalue weighted by Crippen LogP contribution is 2.32. The van der Waals surface area contributed by atoms with Crippen molar-refractivity contribution in [2.75, 3.05) is 85.1 Å². The number of ketones is 3. The van der Waals surface area contributed by atoms with E-state index in [2.05, 4.69) is 49.9 Å². The first kappa shape index (κ1) is 62.1. The van der Waals surface area contributed by atoms with Crippen LogP contribution in [0.1, 0.15) is 150 Å². The second kappa shape index (κ2) is 29.7. The Morgan fingerprint density at radius 1 is 0.432 bits per heavy atom. The predicted molar refractivity (Wildman–Crippen MR) is 342 cm³/mol. The minimum atomic E-state index is -0.454. The molecule has 0 N–H and O–H groups in total. The number of benzene rings is 6. The lowest BCUT2D eigenvalue weighted by Gasteiger charge is -2.34. The molecule has 0 spiro atoms. The van der Waals surface area contributed by atoms with Crippen LogP contribution in [0.5, 0.6) is 0 Å². The van der Waals surface area contributed by atoms with E-state index in [0.717, 1.165) is 151 Å². The van der Waals surface area contributed by atoms with Gasteiger partial charge in [0.25, 0.3) is 11.8 Å². The number of amidine groups is 1. The number of rotatable bonds is 17. The summed E-state index contributed by atoms with van der Waals surface area (Å²) >= 11 is 0. The predicted octanol–water partition coefficient (Wildman–Crippen LogP) is 12.5. The Kier molecular flexibility index (Phi) is 20.9. The lowest BCUT2D eigenvalue weighted by molar-refractivity contribution is 0.0705. The first-order chi connectivity index (χ1) is 42.9. The highest BCUT2D eigenvalue weighted by atomic mass is 19.1. The van der Waals surface area contributed by atoms with Crippen LogP contribution in [0.2, 0.25) is 0 Å². The summed E-state index contributed by atoms with van der Waals surface area (Å²) in [5, 5.41) is 0. The molecule has 6 aromatic rings. The Morgan fingerprint density at radius 3 is 1.33 bits per heavy atom. The van der Waals surface area contributed by atoms with E-state index in [9.17, 15) is 32.8 Å². The fourth-order valence-electron chi connectivity index (χ4n) is 14.0. The van der Waals surface area contributed by atoms with Crippen molar-refractivity contribution in [1.82, 2.24) is 29.4 Å². The summed E-state index contributed by atoms with van der Waals surface area (Å²) in [6.07, 6.45) is 12.8. The van der Waals surface area contributed by atoms with Gasteiger partial charge in [-0.15, -0.1) is 0 Å². The van der Waals surface area contributed by atoms with Crippen molar-refractivity contribution in [3.63, 3.8) is 0 Å². The van der Waals surface area contributed by atoms with Crippen LogP contribution in [0.4, 0.5) is 8.78 Å². The molecule has 13 rings (SSSR count). The van der Waals surface area contributed by atoms with Crippen LogP contribution in [0.15, 0.2) is 151 Å². The first-order valence-corrected chi connectivity index (χ1v) is 32.3. The van der Waals surface area contributed by atoms with Gasteiger partial charge < -0.3 is 14.7 Å². The molecule has 6 heterocycles. The van der Waals surface area contributed by atoms with Gasteiger partial charge in [0.1, 0.15) is 17.5 Å². The number of hydrogen-bond acceptors (Lipinski definition) is 9. The van der Waals surface area contributed by atoms with Crippen molar-refractivity contribution < 1.29 is 32.8 Å². The summed E-state index contributed by atoms with van der Waals surface area (Å²) in [7, 11) is 0. The monoisotopic (exact) mass is 1190 g/mol. The smallest absolute Gasteiger partial charge is 0.254 e. The van der Waals surface area contributed by atoms with Crippen LogP contribution in [0, 0.1) is 42.2 Å². The van der Waals surface area contributed by atoms with Gasteiger partial charge in [-0.05, 0) is 186 Å². The summed E-state index contributed by atoms with van der Waals surface area (Å²) in [4.78, 5) is 80.8. The number of halogens is 2. The van der Waals surface area contributed by atoms with E-state index in [4.69, 9.17) is 4.99 Å². The molecule has 460 valence electrons. The molecule has 1 saturated carbocycles. The molecule has 2 amide bonds. The summed E-state index contributed by atoms with van der Waals surface area (Å²) in [6.45, 7) is 14.4. The van der Waals surface area contributed by atoms with Crippen molar-refractivity contribution >= 4 is 35.0 Å². The van der Waals surface area contributed by atoms with Gasteiger partial charge in [0.15, 0.2) is 17.3 Å². The number of amides is 2. The van der Waals surface area contributed by atoms with Crippen LogP contribution in [0.25, 0.3) is 0 Å². The minimum absolute atomic E-state index is 0.0468. The lowest BCUT2D eigenvalue weighted by atomic mass is 9.89. The van der Waals surface area contributed by atoms with Gasteiger partial charge in [0.05, 0.1) is 25.2 Å². The molecule has 6 aliphatic heterocycles. The van der Waals surface area contributed by atoms with E-state index in [0.29, 0.717) is 43.0 Å². The second-order valence-corrected chi connectivity index (χ2v) is 25.7. The fourth-order valence-corrected chi connectivity index (χ4v) is 14.0. The van der Waals surface area contributed by atoms with Crippen molar-refractivity contribution in [3.8, 4) is 0 Å². The maximum absolute atomic E-state index is 13.8. The molecule has 14 heteroatoms. The normalized spacial score (nSPS) is 19.2. The van der Waals surface area contributed by atoms with Crippen LogP contribution in [-0.2, 0) is 19.6 Å². The Hall–Kier alpha value is -7.52. The van der Waals surface area contributed by atoms with Gasteiger partial charge >= 0.3 is 0 Å². The van der Waals surface area contributed by atoms with Crippen LogP contribution >= 0.6 is 0 Å². The van der Waals surface area contributed by atoms with Gasteiger partial charge in [0.2, 0.25) is 0 Å². The van der Waals surface area contributed by atoms with E-state index < -0.39 is 5.82 Å². The highest BCUT2D eigenvalue weighted by molar-refractivity contribution is 6.03. The number of nitrogens with zero attached hydrogens (tertiary/aromatic N) is 7. The van der Waals surface area contributed by atoms with Crippen molar-refractivity contribution in [1.29, 1.82) is 0 Å². The number of likely N-dealkylation sites (tertiary alicyclic amines) is 3. The summed E-state index contributed by atoms with van der Waals surface area (Å²) in [6, 6.07) is 44.4. The molecule has 0 unspecified atom stereocenters. The number of piperidine rings is 3. The molecule has 0 bridgehead atoms. The Morgan fingerprint density at radius 2 is 0.830 bits per heavy atom. The van der Waals surface area contributed by atoms with Gasteiger partial charge in [0, 0.05) is 73.6 Å². The number of aryl methyl sites for hydroxylation is 1. The quantitative estimate of drug-likeness (QED) is 0.0823. The number of carbonyl (C=O) groups excluding carboxylic acids is 5. The third kappa shape index (κ3) is 16.0. The molecule has 88 heavy (non-hydrogen) atoms. The third-order valence-electron chi connectivity index (χ3n) is 19.3. The van der Waals surface area contributed by atoms with Crippen molar-refractivity contribution in [2.24, 2.45) is 28.7 Å². The Labute approximate surface area is 518 Å². The Bertz CT molecular complexity index is 3410. The molecule has 6 aromatic carbocycles. The Balaban J connectivity index is 0.000000153. The van der Waals surface area contributed by atoms with Crippen LogP contribution in [0.3, 0.4) is 0 Å². The fraction of sp³-hybridized carbons (Fsp3) is 0.432. The average molecular weight is 1190 g/mol. The van der Waals surface area contributed by atoms with Gasteiger partial charge in [-0.25, -0.2) is 8.78 Å². The van der Waals surface area contributed by atoms with Gasteiger partial charge in [-0.1, -0.05) is 122 Å².